The summed E-state index contributed by atoms with van der Waals surface area (Å²) in [7, 11) is 0. The molecule has 1 rings (SSSR count). The first kappa shape index (κ1) is 13.0. The van der Waals surface area contributed by atoms with Crippen LogP contribution in [0.2, 0.25) is 0 Å². The predicted octanol–water partition coefficient (Wildman–Crippen LogP) is 0.824. The Morgan fingerprint density at radius 1 is 1.44 bits per heavy atom. The Labute approximate surface area is 108 Å². The predicted molar refractivity (Wildman–Crippen MR) is 69.7 cm³/mol. The Morgan fingerprint density at radius 2 is 2.06 bits per heavy atom. The summed E-state index contributed by atoms with van der Waals surface area (Å²) in [6, 6.07) is 7.03. The lowest BCUT2D eigenvalue weighted by Crippen LogP contribution is -2.45. The van der Waals surface area contributed by atoms with Gasteiger partial charge in [-0.1, -0.05) is 18.2 Å². The van der Waals surface area contributed by atoms with E-state index in [2.05, 4.69) is 27.9 Å². The van der Waals surface area contributed by atoms with Gasteiger partial charge >= 0.3 is 0 Å². The van der Waals surface area contributed by atoms with E-state index < -0.39 is 11.9 Å². The number of carbonyl (C=O) groups excluding carboxylic acids is 2. The zero-order valence-corrected chi connectivity index (χ0v) is 11.0. The normalized spacial score (nSPS) is 11.9. The molecule has 0 radical (unpaired) electrons. The van der Waals surface area contributed by atoms with Crippen LogP contribution in [-0.4, -0.2) is 17.9 Å². The third kappa shape index (κ3) is 3.80. The second-order valence-corrected chi connectivity index (χ2v) is 4.61. The molecule has 4 nitrogen and oxygen atoms in total. The van der Waals surface area contributed by atoms with Gasteiger partial charge in [-0.15, -0.1) is 0 Å². The summed E-state index contributed by atoms with van der Waals surface area (Å²) in [5.41, 5.74) is 6.23. The van der Waals surface area contributed by atoms with E-state index in [4.69, 9.17) is 5.73 Å². The third-order valence-corrected chi connectivity index (χ3v) is 3.16. The number of hydrogen-bond donors (Lipinski definition) is 2. The van der Waals surface area contributed by atoms with Gasteiger partial charge in [-0.2, -0.15) is 0 Å². The lowest BCUT2D eigenvalue weighted by atomic mass is 10.1. The van der Waals surface area contributed by atoms with E-state index in [1.807, 2.05) is 24.3 Å². The van der Waals surface area contributed by atoms with Crippen LogP contribution in [0, 0.1) is 3.57 Å². The van der Waals surface area contributed by atoms with Crippen LogP contribution in [0.3, 0.4) is 0 Å². The summed E-state index contributed by atoms with van der Waals surface area (Å²) in [4.78, 5) is 22.1. The third-order valence-electron chi connectivity index (χ3n) is 2.10. The summed E-state index contributed by atoms with van der Waals surface area (Å²) in [6.45, 7) is 1.37. The Balaban J connectivity index is 2.80. The Morgan fingerprint density at radius 3 is 2.56 bits per heavy atom. The molecule has 0 saturated heterocycles. The quantitative estimate of drug-likeness (QED) is 0.802. The average molecular weight is 332 g/mol. The molecular weight excluding hydrogens is 319 g/mol. The highest BCUT2D eigenvalue weighted by molar-refractivity contribution is 14.1. The van der Waals surface area contributed by atoms with Crippen LogP contribution >= 0.6 is 22.6 Å². The molecule has 0 heterocycles. The van der Waals surface area contributed by atoms with Crippen molar-refractivity contribution in [2.45, 2.75) is 19.4 Å². The van der Waals surface area contributed by atoms with Crippen molar-refractivity contribution in [1.82, 2.24) is 5.32 Å². The van der Waals surface area contributed by atoms with Crippen LogP contribution in [-0.2, 0) is 16.0 Å². The highest BCUT2D eigenvalue weighted by Crippen LogP contribution is 2.13. The number of nitrogens with two attached hydrogens (primary N) is 1. The van der Waals surface area contributed by atoms with Crippen molar-refractivity contribution in [3.63, 3.8) is 0 Å². The number of rotatable bonds is 4. The van der Waals surface area contributed by atoms with Gasteiger partial charge in [0, 0.05) is 16.9 Å². The van der Waals surface area contributed by atoms with Crippen molar-refractivity contribution >= 4 is 34.4 Å². The molecule has 0 aliphatic carbocycles. The van der Waals surface area contributed by atoms with Crippen LogP contribution in [0.1, 0.15) is 12.5 Å². The second-order valence-electron chi connectivity index (χ2n) is 3.45. The molecule has 0 aliphatic heterocycles. The molecule has 1 aromatic carbocycles. The molecule has 86 valence electrons. The van der Waals surface area contributed by atoms with Gasteiger partial charge in [-0.25, -0.2) is 0 Å². The summed E-state index contributed by atoms with van der Waals surface area (Å²) in [6.07, 6.45) is 0.425. The number of hydrogen-bond acceptors (Lipinski definition) is 2. The lowest BCUT2D eigenvalue weighted by Gasteiger charge is -2.15. The fraction of sp³-hybridized carbons (Fsp3) is 0.273. The van der Waals surface area contributed by atoms with Gasteiger partial charge in [0.15, 0.2) is 0 Å². The Kier molecular flexibility index (Phi) is 4.72. The molecule has 0 bridgehead atoms. The summed E-state index contributed by atoms with van der Waals surface area (Å²) >= 11 is 2.19. The number of carbonyl (C=O) groups is 2. The summed E-state index contributed by atoms with van der Waals surface area (Å²) < 4.78 is 1.05. The standard InChI is InChI=1S/C11H13IN2O2/c1-7(15)14-10(11(13)16)6-8-4-2-3-5-9(8)12/h2-5,10H,6H2,1H3,(H2,13,16)(H,14,15)/t10-/m1/s1. The van der Waals surface area contributed by atoms with Crippen molar-refractivity contribution in [2.75, 3.05) is 0 Å². The van der Waals surface area contributed by atoms with Crippen molar-refractivity contribution in [3.05, 3.63) is 33.4 Å². The number of primary amides is 1. The molecule has 0 spiro atoms. The average Bonchev–Trinajstić information content (AvgIpc) is 2.19. The van der Waals surface area contributed by atoms with Crippen molar-refractivity contribution in [3.8, 4) is 0 Å². The maximum absolute atomic E-state index is 11.2. The maximum Gasteiger partial charge on any atom is 0.240 e. The summed E-state index contributed by atoms with van der Waals surface area (Å²) in [5, 5.41) is 2.54. The number of halogens is 1. The monoisotopic (exact) mass is 332 g/mol. The molecule has 2 amide bonds. The van der Waals surface area contributed by atoms with E-state index in [1.165, 1.54) is 6.92 Å². The Hall–Kier alpha value is -1.11. The SMILES string of the molecule is CC(=O)N[C@H](Cc1ccccc1I)C(N)=O. The molecule has 0 saturated carbocycles. The molecule has 1 aromatic rings. The molecule has 0 aliphatic rings. The molecule has 3 N–H and O–H groups in total. The maximum atomic E-state index is 11.2. The number of nitrogens with one attached hydrogen (secondary N) is 1. The largest absolute Gasteiger partial charge is 0.368 e. The van der Waals surface area contributed by atoms with Crippen LogP contribution in [0.15, 0.2) is 24.3 Å². The highest BCUT2D eigenvalue weighted by atomic mass is 127. The van der Waals surface area contributed by atoms with E-state index in [0.717, 1.165) is 9.13 Å². The van der Waals surface area contributed by atoms with Gasteiger partial charge in [0.25, 0.3) is 0 Å². The minimum atomic E-state index is -0.645. The van der Waals surface area contributed by atoms with E-state index in [9.17, 15) is 9.59 Å². The zero-order chi connectivity index (χ0) is 12.1. The van der Waals surface area contributed by atoms with Gasteiger partial charge < -0.3 is 11.1 Å². The second kappa shape index (κ2) is 5.83. The molecule has 0 unspecified atom stereocenters. The van der Waals surface area contributed by atoms with Gasteiger partial charge in [0.05, 0.1) is 0 Å². The topological polar surface area (TPSA) is 72.2 Å². The van der Waals surface area contributed by atoms with Crippen LogP contribution in [0.5, 0.6) is 0 Å². The van der Waals surface area contributed by atoms with Gasteiger partial charge in [0.2, 0.25) is 11.8 Å². The highest BCUT2D eigenvalue weighted by Gasteiger charge is 2.17. The molecule has 16 heavy (non-hydrogen) atoms. The lowest BCUT2D eigenvalue weighted by molar-refractivity contribution is -0.126. The molecule has 1 atom stereocenters. The summed E-state index contributed by atoms with van der Waals surface area (Å²) in [5.74, 6) is -0.774. The zero-order valence-electron chi connectivity index (χ0n) is 8.87. The van der Waals surface area contributed by atoms with E-state index in [1.54, 1.807) is 0 Å². The fourth-order valence-electron chi connectivity index (χ4n) is 1.35. The fourth-order valence-corrected chi connectivity index (χ4v) is 1.96. The van der Waals surface area contributed by atoms with E-state index in [0.29, 0.717) is 6.42 Å². The molecule has 0 aromatic heterocycles. The van der Waals surface area contributed by atoms with Gasteiger partial charge in [0.1, 0.15) is 6.04 Å². The van der Waals surface area contributed by atoms with Gasteiger partial charge in [-0.3, -0.25) is 9.59 Å². The minimum absolute atomic E-state index is 0.255. The van der Waals surface area contributed by atoms with E-state index >= 15 is 0 Å². The van der Waals surface area contributed by atoms with Crippen molar-refractivity contribution < 1.29 is 9.59 Å². The van der Waals surface area contributed by atoms with E-state index in [-0.39, 0.29) is 5.91 Å². The first-order valence-electron chi connectivity index (χ1n) is 4.80. The minimum Gasteiger partial charge on any atom is -0.368 e. The Bertz CT molecular complexity index is 407. The van der Waals surface area contributed by atoms with Crippen LogP contribution < -0.4 is 11.1 Å². The number of amides is 2. The smallest absolute Gasteiger partial charge is 0.240 e. The number of benzene rings is 1. The van der Waals surface area contributed by atoms with Crippen molar-refractivity contribution in [2.24, 2.45) is 5.73 Å². The molecule has 5 heteroatoms. The molecule has 0 fully saturated rings. The first-order valence-corrected chi connectivity index (χ1v) is 5.88. The van der Waals surface area contributed by atoms with Crippen LogP contribution in [0.4, 0.5) is 0 Å². The first-order chi connectivity index (χ1) is 7.50. The van der Waals surface area contributed by atoms with Crippen molar-refractivity contribution in [1.29, 1.82) is 0 Å². The molecular formula is C11H13IN2O2. The van der Waals surface area contributed by atoms with Crippen LogP contribution in [0.25, 0.3) is 0 Å². The van der Waals surface area contributed by atoms with Gasteiger partial charge in [-0.05, 0) is 34.2 Å².